The average molecular weight is 413 g/mol. The van der Waals surface area contributed by atoms with Crippen LogP contribution in [-0.2, 0) is 4.74 Å². The van der Waals surface area contributed by atoms with Gasteiger partial charge in [-0.1, -0.05) is 13.8 Å². The summed E-state index contributed by atoms with van der Waals surface area (Å²) in [5.41, 5.74) is 2.02. The van der Waals surface area contributed by atoms with Gasteiger partial charge in [0, 0.05) is 49.9 Å². The van der Waals surface area contributed by atoms with Gasteiger partial charge in [0.15, 0.2) is 16.9 Å². The molecule has 160 valence electrons. The van der Waals surface area contributed by atoms with Crippen molar-refractivity contribution in [1.82, 2.24) is 4.57 Å². The summed E-state index contributed by atoms with van der Waals surface area (Å²) >= 11 is 0. The summed E-state index contributed by atoms with van der Waals surface area (Å²) in [7, 11) is 3.25. The number of fused-ring (bicyclic) bond motifs is 6. The molecule has 2 unspecified atom stereocenters. The second-order valence-electron chi connectivity index (χ2n) is 8.68. The predicted molar refractivity (Wildman–Crippen MR) is 112 cm³/mol. The summed E-state index contributed by atoms with van der Waals surface area (Å²) in [6.07, 6.45) is 3.24. The summed E-state index contributed by atoms with van der Waals surface area (Å²) in [5.74, 6) is 0.282. The van der Waals surface area contributed by atoms with Crippen LogP contribution in [0.5, 0.6) is 11.5 Å². The lowest BCUT2D eigenvalue weighted by atomic mass is 9.55. The van der Waals surface area contributed by atoms with Crippen LogP contribution >= 0.6 is 0 Å². The van der Waals surface area contributed by atoms with Crippen molar-refractivity contribution in [3.05, 3.63) is 45.7 Å². The molecule has 30 heavy (non-hydrogen) atoms. The topological polar surface area (TPSA) is 87.0 Å². The van der Waals surface area contributed by atoms with Crippen LogP contribution in [0.3, 0.4) is 0 Å². The van der Waals surface area contributed by atoms with Gasteiger partial charge in [-0.3, -0.25) is 4.79 Å². The molecule has 1 aliphatic carbocycles. The molecule has 2 atom stereocenters. The van der Waals surface area contributed by atoms with E-state index in [2.05, 4.69) is 13.8 Å². The Kier molecular flexibility index (Phi) is 5.10. The van der Waals surface area contributed by atoms with Gasteiger partial charge in [0.05, 0.1) is 19.4 Å². The van der Waals surface area contributed by atoms with E-state index in [4.69, 9.17) is 14.2 Å². The van der Waals surface area contributed by atoms with Crippen molar-refractivity contribution in [1.29, 1.82) is 0 Å². The Morgan fingerprint density at radius 1 is 1.20 bits per heavy atom. The van der Waals surface area contributed by atoms with E-state index >= 15 is 0 Å². The van der Waals surface area contributed by atoms with Crippen LogP contribution in [0.4, 0.5) is 0 Å². The monoisotopic (exact) mass is 413 g/mol. The van der Waals surface area contributed by atoms with Gasteiger partial charge < -0.3 is 23.9 Å². The zero-order valence-corrected chi connectivity index (χ0v) is 17.7. The largest absolute Gasteiger partial charge is 0.493 e. The molecule has 2 aromatic rings. The molecule has 0 spiro atoms. The number of aromatic nitrogens is 1. The Balaban J connectivity index is 1.85. The minimum atomic E-state index is -1.20. The maximum atomic E-state index is 12.5. The van der Waals surface area contributed by atoms with Crippen molar-refractivity contribution in [2.24, 2.45) is 5.41 Å². The standard InChI is InChI=1S/C23H27NO6/c1-23(2)11-15-13-8-20(30-7-5-6-28-3)19(29-4)9-14(13)17-10-18(25)16(22(26)27)12-24(17)21(15)23/h8-10,12,15,21H,5-7,11H2,1-4H3,(H,26,27). The first-order valence-electron chi connectivity index (χ1n) is 10.1. The highest BCUT2D eigenvalue weighted by atomic mass is 16.5. The van der Waals surface area contributed by atoms with Gasteiger partial charge in [-0.2, -0.15) is 0 Å². The highest BCUT2D eigenvalue weighted by molar-refractivity contribution is 5.88. The fourth-order valence-electron chi connectivity index (χ4n) is 4.95. The number of pyridine rings is 1. The van der Waals surface area contributed by atoms with E-state index in [0.29, 0.717) is 24.7 Å². The second-order valence-corrected chi connectivity index (χ2v) is 8.68. The normalized spacial score (nSPS) is 20.4. The first-order chi connectivity index (χ1) is 14.3. The first-order valence-corrected chi connectivity index (χ1v) is 10.1. The number of hydrogen-bond donors (Lipinski definition) is 1. The lowest BCUT2D eigenvalue weighted by Crippen LogP contribution is -2.46. The molecule has 4 rings (SSSR count). The third-order valence-corrected chi connectivity index (χ3v) is 6.30. The Hall–Kier alpha value is -2.80. The summed E-state index contributed by atoms with van der Waals surface area (Å²) in [4.78, 5) is 24.0. The second kappa shape index (κ2) is 7.47. The minimum Gasteiger partial charge on any atom is -0.493 e. The molecule has 2 aliphatic rings. The molecule has 1 aromatic carbocycles. The number of rotatable bonds is 7. The Morgan fingerprint density at radius 3 is 2.60 bits per heavy atom. The van der Waals surface area contributed by atoms with Crippen molar-refractivity contribution in [3.63, 3.8) is 0 Å². The summed E-state index contributed by atoms with van der Waals surface area (Å²) in [6, 6.07) is 5.43. The number of carboxylic acid groups (broad SMARTS) is 1. The molecular weight excluding hydrogens is 386 g/mol. The minimum absolute atomic E-state index is 0.0125. The van der Waals surface area contributed by atoms with Gasteiger partial charge in [-0.05, 0) is 29.5 Å². The Labute approximate surface area is 175 Å². The highest BCUT2D eigenvalue weighted by Gasteiger charge is 2.52. The van der Waals surface area contributed by atoms with Crippen molar-refractivity contribution in [3.8, 4) is 22.8 Å². The fourth-order valence-corrected chi connectivity index (χ4v) is 4.95. The van der Waals surface area contributed by atoms with Crippen LogP contribution < -0.4 is 14.9 Å². The van der Waals surface area contributed by atoms with Gasteiger partial charge in [0.1, 0.15) is 5.56 Å². The first kappa shape index (κ1) is 20.5. The molecule has 1 aliphatic heterocycles. The summed E-state index contributed by atoms with van der Waals surface area (Å²) in [6.45, 7) is 5.48. The van der Waals surface area contributed by atoms with E-state index < -0.39 is 11.4 Å². The maximum absolute atomic E-state index is 12.5. The molecule has 0 bridgehead atoms. The van der Waals surface area contributed by atoms with Crippen molar-refractivity contribution in [2.75, 3.05) is 27.4 Å². The average Bonchev–Trinajstić information content (AvgIpc) is 2.69. The van der Waals surface area contributed by atoms with Crippen molar-refractivity contribution < 1.29 is 24.1 Å². The molecule has 0 radical (unpaired) electrons. The number of benzene rings is 1. The van der Waals surface area contributed by atoms with E-state index in [-0.39, 0.29) is 22.9 Å². The molecule has 7 heteroatoms. The SMILES string of the molecule is COCCCOc1cc2c(cc1OC)-c1cc(=O)c(C(=O)O)cn1C1C2CC1(C)C. The number of carbonyl (C=O) groups is 1. The van der Waals surface area contributed by atoms with E-state index in [0.717, 1.165) is 29.7 Å². The van der Waals surface area contributed by atoms with E-state index in [1.165, 1.54) is 12.3 Å². The zero-order chi connectivity index (χ0) is 21.6. The third kappa shape index (κ3) is 3.17. The molecular formula is C23H27NO6. The van der Waals surface area contributed by atoms with E-state index in [1.807, 2.05) is 16.7 Å². The fraction of sp³-hybridized carbons (Fsp3) is 0.478. The lowest BCUT2D eigenvalue weighted by molar-refractivity contribution is 0.0442. The zero-order valence-electron chi connectivity index (χ0n) is 17.7. The number of aromatic carboxylic acids is 1. The van der Waals surface area contributed by atoms with Gasteiger partial charge in [-0.15, -0.1) is 0 Å². The summed E-state index contributed by atoms with van der Waals surface area (Å²) in [5, 5.41) is 9.44. The molecule has 0 saturated heterocycles. The summed E-state index contributed by atoms with van der Waals surface area (Å²) < 4.78 is 18.6. The molecule has 1 fully saturated rings. The third-order valence-electron chi connectivity index (χ3n) is 6.30. The molecule has 0 amide bonds. The van der Waals surface area contributed by atoms with Crippen molar-refractivity contribution >= 4 is 5.97 Å². The highest BCUT2D eigenvalue weighted by Crippen LogP contribution is 2.63. The van der Waals surface area contributed by atoms with Gasteiger partial charge in [0.2, 0.25) is 0 Å². The Morgan fingerprint density at radius 2 is 1.97 bits per heavy atom. The van der Waals surface area contributed by atoms with E-state index in [1.54, 1.807) is 14.2 Å². The van der Waals surface area contributed by atoms with Gasteiger partial charge in [0.25, 0.3) is 0 Å². The number of ether oxygens (including phenoxy) is 3. The number of hydrogen-bond acceptors (Lipinski definition) is 5. The predicted octanol–water partition coefficient (Wildman–Crippen LogP) is 3.71. The van der Waals surface area contributed by atoms with Gasteiger partial charge >= 0.3 is 5.97 Å². The molecule has 1 saturated carbocycles. The number of methoxy groups -OCH3 is 2. The maximum Gasteiger partial charge on any atom is 0.341 e. The van der Waals surface area contributed by atoms with Crippen LogP contribution in [0.2, 0.25) is 0 Å². The van der Waals surface area contributed by atoms with Crippen LogP contribution in [0, 0.1) is 5.41 Å². The molecule has 2 heterocycles. The lowest BCUT2D eigenvalue weighted by Gasteiger charge is -2.56. The van der Waals surface area contributed by atoms with Crippen LogP contribution in [0.25, 0.3) is 11.3 Å². The van der Waals surface area contributed by atoms with Crippen LogP contribution in [-0.4, -0.2) is 43.1 Å². The van der Waals surface area contributed by atoms with Crippen LogP contribution in [0.1, 0.15) is 54.6 Å². The molecule has 1 N–H and O–H groups in total. The smallest absolute Gasteiger partial charge is 0.341 e. The van der Waals surface area contributed by atoms with Crippen LogP contribution in [0.15, 0.2) is 29.2 Å². The number of carboxylic acids is 1. The van der Waals surface area contributed by atoms with Gasteiger partial charge in [-0.25, -0.2) is 4.79 Å². The number of nitrogens with zero attached hydrogens (tertiary/aromatic N) is 1. The van der Waals surface area contributed by atoms with Crippen molar-refractivity contribution in [2.45, 2.75) is 38.6 Å². The quantitative estimate of drug-likeness (QED) is 0.697. The Bertz CT molecular complexity index is 1050. The molecule has 1 aromatic heterocycles. The van der Waals surface area contributed by atoms with E-state index in [9.17, 15) is 14.7 Å². The molecule has 7 nitrogen and oxygen atoms in total.